The molecule has 0 unspecified atom stereocenters. The van der Waals surface area contributed by atoms with Gasteiger partial charge in [0, 0.05) is 36.7 Å². The third kappa shape index (κ3) is 4.21. The molecule has 0 atom stereocenters. The van der Waals surface area contributed by atoms with E-state index in [4.69, 9.17) is 9.97 Å². The lowest BCUT2D eigenvalue weighted by molar-refractivity contribution is -0.0361. The first-order valence-corrected chi connectivity index (χ1v) is 9.20. The Bertz CT molecular complexity index is 812. The van der Waals surface area contributed by atoms with Gasteiger partial charge in [0.15, 0.2) is 0 Å². The molecule has 1 fully saturated rings. The van der Waals surface area contributed by atoms with E-state index < -0.39 is 5.92 Å². The van der Waals surface area contributed by atoms with Gasteiger partial charge in [0.05, 0.1) is 11.4 Å². The Hall–Kier alpha value is -1.80. The summed E-state index contributed by atoms with van der Waals surface area (Å²) in [5.41, 5.74) is 3.92. The van der Waals surface area contributed by atoms with E-state index in [1.54, 1.807) is 4.68 Å². The van der Waals surface area contributed by atoms with E-state index in [-0.39, 0.29) is 31.3 Å². The SMILES string of the molecule is Cc1cc(C)n(-c2nc3c(c(NC4CCC(F)(F)CC4)n2)CCNC3)n1.Cl. The van der Waals surface area contributed by atoms with Crippen molar-refractivity contribution in [1.29, 1.82) is 0 Å². The Balaban J connectivity index is 0.00000210. The van der Waals surface area contributed by atoms with E-state index in [1.807, 2.05) is 19.9 Å². The third-order valence-corrected chi connectivity index (χ3v) is 5.18. The number of hydrogen-bond acceptors (Lipinski definition) is 5. The molecule has 4 rings (SSSR count). The Kier molecular flexibility index (Phi) is 5.67. The van der Waals surface area contributed by atoms with E-state index in [0.717, 1.165) is 41.4 Å². The van der Waals surface area contributed by atoms with Crippen molar-refractivity contribution in [2.24, 2.45) is 0 Å². The number of fused-ring (bicyclic) bond motifs is 1. The molecule has 0 amide bonds. The zero-order valence-electron chi connectivity index (χ0n) is 15.6. The van der Waals surface area contributed by atoms with Crippen LogP contribution >= 0.6 is 12.4 Å². The topological polar surface area (TPSA) is 67.7 Å². The highest BCUT2D eigenvalue weighted by Gasteiger charge is 2.35. The second-order valence-corrected chi connectivity index (χ2v) is 7.34. The molecule has 27 heavy (non-hydrogen) atoms. The van der Waals surface area contributed by atoms with Gasteiger partial charge in [-0.15, -0.1) is 12.4 Å². The van der Waals surface area contributed by atoms with Crippen LogP contribution in [0.3, 0.4) is 0 Å². The molecule has 1 saturated carbocycles. The first-order valence-electron chi connectivity index (χ1n) is 9.20. The molecule has 2 N–H and O–H groups in total. The number of nitrogens with one attached hydrogen (secondary N) is 2. The predicted octanol–water partition coefficient (Wildman–Crippen LogP) is 3.34. The molecule has 0 spiro atoms. The lowest BCUT2D eigenvalue weighted by Crippen LogP contribution is -2.34. The van der Waals surface area contributed by atoms with Crippen molar-refractivity contribution in [3.05, 3.63) is 28.7 Å². The summed E-state index contributed by atoms with van der Waals surface area (Å²) < 4.78 is 28.6. The summed E-state index contributed by atoms with van der Waals surface area (Å²) in [6, 6.07) is 2.01. The summed E-state index contributed by atoms with van der Waals surface area (Å²) >= 11 is 0. The largest absolute Gasteiger partial charge is 0.367 e. The molecule has 1 aliphatic heterocycles. The van der Waals surface area contributed by atoms with Crippen LogP contribution in [-0.2, 0) is 13.0 Å². The molecule has 1 aliphatic carbocycles. The predicted molar refractivity (Wildman–Crippen MR) is 102 cm³/mol. The number of aromatic nitrogens is 4. The van der Waals surface area contributed by atoms with Gasteiger partial charge in [-0.3, -0.25) is 0 Å². The van der Waals surface area contributed by atoms with Gasteiger partial charge in [-0.2, -0.15) is 10.1 Å². The zero-order valence-corrected chi connectivity index (χ0v) is 16.4. The van der Waals surface area contributed by atoms with E-state index >= 15 is 0 Å². The lowest BCUT2D eigenvalue weighted by atomic mass is 9.92. The average molecular weight is 399 g/mol. The summed E-state index contributed by atoms with van der Waals surface area (Å²) in [4.78, 5) is 9.43. The van der Waals surface area contributed by atoms with Crippen LogP contribution in [0.15, 0.2) is 6.07 Å². The lowest BCUT2D eigenvalue weighted by Gasteiger charge is -2.30. The van der Waals surface area contributed by atoms with Crippen molar-refractivity contribution in [3.63, 3.8) is 0 Å². The van der Waals surface area contributed by atoms with Gasteiger partial charge in [-0.1, -0.05) is 0 Å². The van der Waals surface area contributed by atoms with Crippen molar-refractivity contribution < 1.29 is 8.78 Å². The third-order valence-electron chi connectivity index (χ3n) is 5.18. The van der Waals surface area contributed by atoms with Crippen molar-refractivity contribution in [1.82, 2.24) is 25.1 Å². The number of anilines is 1. The number of nitrogens with zero attached hydrogens (tertiary/aromatic N) is 4. The van der Waals surface area contributed by atoms with Crippen LogP contribution in [0.2, 0.25) is 0 Å². The van der Waals surface area contributed by atoms with Crippen LogP contribution in [0.5, 0.6) is 0 Å². The summed E-state index contributed by atoms with van der Waals surface area (Å²) in [6.07, 6.45) is 1.62. The molecular formula is C18H25ClF2N6. The van der Waals surface area contributed by atoms with Crippen molar-refractivity contribution >= 4 is 18.2 Å². The fourth-order valence-corrected chi connectivity index (χ4v) is 3.77. The highest BCUT2D eigenvalue weighted by Crippen LogP contribution is 2.35. The Morgan fingerprint density at radius 3 is 2.63 bits per heavy atom. The normalized spacial score (nSPS) is 19.3. The van der Waals surface area contributed by atoms with E-state index in [9.17, 15) is 8.78 Å². The maximum Gasteiger partial charge on any atom is 0.253 e. The first kappa shape index (κ1) is 19.9. The van der Waals surface area contributed by atoms with Crippen LogP contribution in [0.4, 0.5) is 14.6 Å². The summed E-state index contributed by atoms with van der Waals surface area (Å²) in [5.74, 6) is -1.22. The highest BCUT2D eigenvalue weighted by molar-refractivity contribution is 5.85. The number of aryl methyl sites for hydroxylation is 2. The average Bonchev–Trinajstić information content (AvgIpc) is 2.95. The molecule has 0 bridgehead atoms. The molecule has 2 aromatic heterocycles. The summed E-state index contributed by atoms with van der Waals surface area (Å²) in [7, 11) is 0. The number of rotatable bonds is 3. The van der Waals surface area contributed by atoms with Crippen molar-refractivity contribution in [3.8, 4) is 5.95 Å². The second-order valence-electron chi connectivity index (χ2n) is 7.34. The van der Waals surface area contributed by atoms with E-state index in [1.165, 1.54) is 0 Å². The monoisotopic (exact) mass is 398 g/mol. The molecule has 0 aromatic carbocycles. The second kappa shape index (κ2) is 7.67. The molecule has 0 saturated heterocycles. The zero-order chi connectivity index (χ0) is 18.3. The summed E-state index contributed by atoms with van der Waals surface area (Å²) in [6.45, 7) is 5.46. The van der Waals surface area contributed by atoms with Crippen molar-refractivity contribution in [2.75, 3.05) is 11.9 Å². The van der Waals surface area contributed by atoms with Gasteiger partial charge in [0.25, 0.3) is 5.95 Å². The van der Waals surface area contributed by atoms with Gasteiger partial charge < -0.3 is 10.6 Å². The molecule has 148 valence electrons. The Morgan fingerprint density at radius 1 is 1.22 bits per heavy atom. The van der Waals surface area contributed by atoms with Crippen LogP contribution in [0.1, 0.15) is 48.3 Å². The van der Waals surface area contributed by atoms with E-state index in [0.29, 0.717) is 25.3 Å². The molecule has 3 heterocycles. The minimum atomic E-state index is -2.53. The maximum atomic E-state index is 13.4. The standard InChI is InChI=1S/C18H24F2N6.ClH/c1-11-9-12(2)26(25-11)17-23-15-10-21-8-5-14(15)16(24-17)22-13-3-6-18(19,20)7-4-13;/h9,13,21H,3-8,10H2,1-2H3,(H,22,23,24);1H. The number of halogens is 3. The molecule has 0 radical (unpaired) electrons. The van der Waals surface area contributed by atoms with Gasteiger partial charge in [0.2, 0.25) is 5.92 Å². The summed E-state index contributed by atoms with van der Waals surface area (Å²) in [5, 5.41) is 11.2. The fourth-order valence-electron chi connectivity index (χ4n) is 3.77. The quantitative estimate of drug-likeness (QED) is 0.830. The molecule has 2 aromatic rings. The molecule has 9 heteroatoms. The van der Waals surface area contributed by atoms with Crippen molar-refractivity contribution in [2.45, 2.75) is 64.5 Å². The van der Waals surface area contributed by atoms with Crippen LogP contribution in [0.25, 0.3) is 5.95 Å². The van der Waals surface area contributed by atoms with Gasteiger partial charge in [-0.05, 0) is 45.7 Å². The van der Waals surface area contributed by atoms with Crippen LogP contribution in [0, 0.1) is 13.8 Å². The number of alkyl halides is 2. The van der Waals surface area contributed by atoms with Gasteiger partial charge in [-0.25, -0.2) is 18.4 Å². The first-order chi connectivity index (χ1) is 12.4. The minimum absolute atomic E-state index is 0. The van der Waals surface area contributed by atoms with E-state index in [2.05, 4.69) is 15.7 Å². The Labute approximate surface area is 163 Å². The minimum Gasteiger partial charge on any atom is -0.367 e. The molecule has 2 aliphatic rings. The van der Waals surface area contributed by atoms with Gasteiger partial charge in [0.1, 0.15) is 5.82 Å². The van der Waals surface area contributed by atoms with Gasteiger partial charge >= 0.3 is 0 Å². The molecule has 6 nitrogen and oxygen atoms in total. The van der Waals surface area contributed by atoms with Crippen LogP contribution < -0.4 is 10.6 Å². The Morgan fingerprint density at radius 2 is 1.96 bits per heavy atom. The maximum absolute atomic E-state index is 13.4. The smallest absolute Gasteiger partial charge is 0.253 e. The fraction of sp³-hybridized carbons (Fsp3) is 0.611. The van der Waals surface area contributed by atoms with Crippen LogP contribution in [-0.4, -0.2) is 38.3 Å². The number of hydrogen-bond donors (Lipinski definition) is 2. The molecular weight excluding hydrogens is 374 g/mol. The highest BCUT2D eigenvalue weighted by atomic mass is 35.5.